The third kappa shape index (κ3) is 5.70. The normalized spacial score (nSPS) is 10.8. The van der Waals surface area contributed by atoms with E-state index >= 15 is 0 Å². The first-order chi connectivity index (χ1) is 9.06. The van der Waals surface area contributed by atoms with Crippen molar-refractivity contribution < 1.29 is 9.18 Å². The van der Waals surface area contributed by atoms with Crippen LogP contribution in [0.3, 0.4) is 0 Å². The number of nitrogens with zero attached hydrogens (tertiary/aromatic N) is 1. The summed E-state index contributed by atoms with van der Waals surface area (Å²) < 4.78 is 14.5. The first kappa shape index (κ1) is 16.1. The minimum atomic E-state index is -0.240. The summed E-state index contributed by atoms with van der Waals surface area (Å²) >= 11 is 3.33. The standard InChI is InChI=1S/C14H20BrFN2O/c1-3-7-17-14(19)10-18(4-2)9-11-8-12(15)5-6-13(11)16/h5-6,8H,3-4,7,9-10H2,1-2H3,(H,17,19). The second-order valence-electron chi connectivity index (χ2n) is 4.39. The van der Waals surface area contributed by atoms with Gasteiger partial charge in [0.2, 0.25) is 5.91 Å². The molecule has 0 unspecified atom stereocenters. The number of rotatable bonds is 7. The molecule has 0 atom stereocenters. The molecule has 1 amide bonds. The van der Waals surface area contributed by atoms with E-state index in [1.807, 2.05) is 18.7 Å². The van der Waals surface area contributed by atoms with Crippen molar-refractivity contribution in [2.75, 3.05) is 19.6 Å². The van der Waals surface area contributed by atoms with E-state index in [0.717, 1.165) is 10.9 Å². The van der Waals surface area contributed by atoms with Crippen molar-refractivity contribution in [2.24, 2.45) is 0 Å². The molecule has 0 radical (unpaired) electrons. The van der Waals surface area contributed by atoms with Crippen LogP contribution in [0.25, 0.3) is 0 Å². The molecule has 0 aliphatic rings. The van der Waals surface area contributed by atoms with Gasteiger partial charge >= 0.3 is 0 Å². The van der Waals surface area contributed by atoms with E-state index in [0.29, 0.717) is 31.7 Å². The third-order valence-electron chi connectivity index (χ3n) is 2.79. The van der Waals surface area contributed by atoms with Gasteiger partial charge in [-0.15, -0.1) is 0 Å². The Morgan fingerprint density at radius 1 is 1.42 bits per heavy atom. The van der Waals surface area contributed by atoms with Crippen molar-refractivity contribution in [1.82, 2.24) is 10.2 Å². The summed E-state index contributed by atoms with van der Waals surface area (Å²) in [5.41, 5.74) is 0.597. The number of halogens is 2. The Balaban J connectivity index is 2.61. The molecule has 1 aromatic carbocycles. The number of benzene rings is 1. The van der Waals surface area contributed by atoms with Gasteiger partial charge in [0.05, 0.1) is 6.54 Å². The molecule has 5 heteroatoms. The average Bonchev–Trinajstić information content (AvgIpc) is 2.39. The molecule has 0 saturated heterocycles. The minimum absolute atomic E-state index is 0.0147. The van der Waals surface area contributed by atoms with E-state index in [4.69, 9.17) is 0 Å². The average molecular weight is 331 g/mol. The van der Waals surface area contributed by atoms with E-state index < -0.39 is 0 Å². The fourth-order valence-electron chi connectivity index (χ4n) is 1.71. The maximum Gasteiger partial charge on any atom is 0.234 e. The highest BCUT2D eigenvalue weighted by Gasteiger charge is 2.12. The number of carbonyl (C=O) groups is 1. The van der Waals surface area contributed by atoms with E-state index in [1.165, 1.54) is 6.07 Å². The summed E-state index contributed by atoms with van der Waals surface area (Å²) in [4.78, 5) is 13.6. The SMILES string of the molecule is CCCNC(=O)CN(CC)Cc1cc(Br)ccc1F. The van der Waals surface area contributed by atoms with Crippen LogP contribution in [-0.4, -0.2) is 30.4 Å². The summed E-state index contributed by atoms with van der Waals surface area (Å²) in [5, 5.41) is 2.83. The van der Waals surface area contributed by atoms with Gasteiger partial charge < -0.3 is 5.32 Å². The third-order valence-corrected chi connectivity index (χ3v) is 3.28. The summed E-state index contributed by atoms with van der Waals surface area (Å²) in [5.74, 6) is -0.255. The molecule has 0 saturated carbocycles. The minimum Gasteiger partial charge on any atom is -0.355 e. The maximum absolute atomic E-state index is 13.7. The van der Waals surface area contributed by atoms with Crippen LogP contribution in [-0.2, 0) is 11.3 Å². The topological polar surface area (TPSA) is 32.3 Å². The molecule has 0 aromatic heterocycles. The van der Waals surface area contributed by atoms with Crippen LogP contribution in [0.1, 0.15) is 25.8 Å². The predicted molar refractivity (Wildman–Crippen MR) is 78.4 cm³/mol. The fraction of sp³-hybridized carbons (Fsp3) is 0.500. The zero-order valence-corrected chi connectivity index (χ0v) is 13.0. The van der Waals surface area contributed by atoms with Crippen molar-refractivity contribution >= 4 is 21.8 Å². The van der Waals surface area contributed by atoms with Crippen molar-refractivity contribution in [3.05, 3.63) is 34.1 Å². The van der Waals surface area contributed by atoms with E-state index in [-0.39, 0.29) is 11.7 Å². The molecule has 3 nitrogen and oxygen atoms in total. The summed E-state index contributed by atoms with van der Waals surface area (Å²) in [7, 11) is 0. The van der Waals surface area contributed by atoms with Crippen molar-refractivity contribution in [3.63, 3.8) is 0 Å². The van der Waals surface area contributed by atoms with Gasteiger partial charge in [-0.05, 0) is 31.2 Å². The lowest BCUT2D eigenvalue weighted by atomic mass is 10.2. The van der Waals surface area contributed by atoms with Crippen LogP contribution < -0.4 is 5.32 Å². The number of hydrogen-bond donors (Lipinski definition) is 1. The molecule has 1 N–H and O–H groups in total. The van der Waals surface area contributed by atoms with Crippen molar-refractivity contribution in [3.8, 4) is 0 Å². The van der Waals surface area contributed by atoms with Crippen LogP contribution in [0.2, 0.25) is 0 Å². The summed E-state index contributed by atoms with van der Waals surface area (Å²) in [6, 6.07) is 4.86. The van der Waals surface area contributed by atoms with E-state index in [9.17, 15) is 9.18 Å². The number of amides is 1. The number of carbonyl (C=O) groups excluding carboxylic acids is 1. The lowest BCUT2D eigenvalue weighted by Gasteiger charge is -2.20. The fourth-order valence-corrected chi connectivity index (χ4v) is 2.12. The van der Waals surface area contributed by atoms with Crippen LogP contribution in [0.4, 0.5) is 4.39 Å². The number of hydrogen-bond acceptors (Lipinski definition) is 2. The molecule has 106 valence electrons. The van der Waals surface area contributed by atoms with Gasteiger partial charge in [0, 0.05) is 23.1 Å². The highest BCUT2D eigenvalue weighted by atomic mass is 79.9. The molecular weight excluding hydrogens is 311 g/mol. The van der Waals surface area contributed by atoms with Gasteiger partial charge in [-0.3, -0.25) is 9.69 Å². The molecular formula is C14H20BrFN2O. The largest absolute Gasteiger partial charge is 0.355 e. The molecule has 0 bridgehead atoms. The van der Waals surface area contributed by atoms with E-state index in [1.54, 1.807) is 12.1 Å². The highest BCUT2D eigenvalue weighted by molar-refractivity contribution is 9.10. The Morgan fingerprint density at radius 2 is 2.16 bits per heavy atom. The Morgan fingerprint density at radius 3 is 2.79 bits per heavy atom. The van der Waals surface area contributed by atoms with Crippen LogP contribution >= 0.6 is 15.9 Å². The lowest BCUT2D eigenvalue weighted by molar-refractivity contribution is -0.122. The van der Waals surface area contributed by atoms with Gasteiger partial charge in [-0.1, -0.05) is 29.8 Å². The van der Waals surface area contributed by atoms with E-state index in [2.05, 4.69) is 21.2 Å². The molecule has 1 aromatic rings. The zero-order chi connectivity index (χ0) is 14.3. The van der Waals surface area contributed by atoms with Gasteiger partial charge in [-0.25, -0.2) is 4.39 Å². The lowest BCUT2D eigenvalue weighted by Crippen LogP contribution is -2.37. The second-order valence-corrected chi connectivity index (χ2v) is 5.30. The zero-order valence-electron chi connectivity index (χ0n) is 11.4. The molecule has 0 fully saturated rings. The molecule has 0 spiro atoms. The maximum atomic E-state index is 13.7. The Kier molecular flexibility index (Phi) is 7.02. The summed E-state index contributed by atoms with van der Waals surface area (Å²) in [6.45, 7) is 6.08. The Hall–Kier alpha value is -0.940. The van der Waals surface area contributed by atoms with Crippen molar-refractivity contribution in [2.45, 2.75) is 26.8 Å². The Labute approximate surface area is 122 Å². The molecule has 19 heavy (non-hydrogen) atoms. The first-order valence-corrected chi connectivity index (χ1v) is 7.29. The number of likely N-dealkylation sites (N-methyl/N-ethyl adjacent to an activating group) is 1. The first-order valence-electron chi connectivity index (χ1n) is 6.49. The molecule has 0 aliphatic heterocycles. The summed E-state index contributed by atoms with van der Waals surface area (Å²) in [6.07, 6.45) is 0.915. The highest BCUT2D eigenvalue weighted by Crippen LogP contribution is 2.17. The quantitative estimate of drug-likeness (QED) is 0.833. The van der Waals surface area contributed by atoms with Gasteiger partial charge in [0.15, 0.2) is 0 Å². The van der Waals surface area contributed by atoms with Gasteiger partial charge in [-0.2, -0.15) is 0 Å². The predicted octanol–water partition coefficient (Wildman–Crippen LogP) is 2.94. The number of nitrogens with one attached hydrogen (secondary N) is 1. The van der Waals surface area contributed by atoms with Gasteiger partial charge in [0.25, 0.3) is 0 Å². The second kappa shape index (κ2) is 8.27. The monoisotopic (exact) mass is 330 g/mol. The smallest absolute Gasteiger partial charge is 0.234 e. The van der Waals surface area contributed by atoms with Crippen LogP contribution in [0.15, 0.2) is 22.7 Å². The Bertz CT molecular complexity index is 426. The molecule has 0 heterocycles. The van der Waals surface area contributed by atoms with Crippen LogP contribution in [0, 0.1) is 5.82 Å². The van der Waals surface area contributed by atoms with Gasteiger partial charge in [0.1, 0.15) is 5.82 Å². The van der Waals surface area contributed by atoms with Crippen LogP contribution in [0.5, 0.6) is 0 Å². The molecule has 0 aliphatic carbocycles. The molecule has 1 rings (SSSR count). The van der Waals surface area contributed by atoms with Crippen molar-refractivity contribution in [1.29, 1.82) is 0 Å².